The smallest absolute Gasteiger partial charge is 0.270 e. The Morgan fingerprint density at radius 3 is 2.52 bits per heavy atom. The van der Waals surface area contributed by atoms with Crippen LogP contribution in [0.4, 0.5) is 11.4 Å². The lowest BCUT2D eigenvalue weighted by atomic mass is 10.1. The second kappa shape index (κ2) is 8.85. The number of nitro groups is 1. The zero-order chi connectivity index (χ0) is 23.7. The molecule has 0 spiro atoms. The van der Waals surface area contributed by atoms with Crippen LogP contribution in [-0.4, -0.2) is 29.0 Å². The Hall–Kier alpha value is -4.02. The van der Waals surface area contributed by atoms with Gasteiger partial charge in [-0.2, -0.15) is 0 Å². The highest BCUT2D eigenvalue weighted by Crippen LogP contribution is 2.33. The van der Waals surface area contributed by atoms with Crippen LogP contribution in [0.5, 0.6) is 5.75 Å². The first kappa shape index (κ1) is 22.2. The highest BCUT2D eigenvalue weighted by atomic mass is 35.5. The van der Waals surface area contributed by atoms with Gasteiger partial charge in [-0.15, -0.1) is 0 Å². The number of hydrogen-bond acceptors (Lipinski definition) is 7. The number of carbonyl (C=O) groups excluding carboxylic acids is 2. The number of nitrogens with one attached hydrogen (secondary N) is 1. The number of methoxy groups -OCH3 is 1. The maximum atomic E-state index is 13.1. The Labute approximate surface area is 197 Å². The van der Waals surface area contributed by atoms with Crippen molar-refractivity contribution in [3.8, 4) is 17.1 Å². The van der Waals surface area contributed by atoms with Crippen LogP contribution >= 0.6 is 23.8 Å². The molecular weight excluding hydrogens is 470 g/mol. The second-order valence-electron chi connectivity index (χ2n) is 6.78. The molecule has 0 aliphatic carbocycles. The molecule has 33 heavy (non-hydrogen) atoms. The predicted molar refractivity (Wildman–Crippen MR) is 125 cm³/mol. The minimum atomic E-state index is -0.666. The topological polar surface area (TPSA) is 115 Å². The molecule has 11 heteroatoms. The molecule has 9 nitrogen and oxygen atoms in total. The van der Waals surface area contributed by atoms with E-state index in [1.54, 1.807) is 36.4 Å². The van der Waals surface area contributed by atoms with Gasteiger partial charge in [0.25, 0.3) is 17.5 Å². The lowest BCUT2D eigenvalue weighted by molar-refractivity contribution is -0.384. The molecule has 2 amide bonds. The van der Waals surface area contributed by atoms with Crippen LogP contribution in [0.1, 0.15) is 5.76 Å². The van der Waals surface area contributed by atoms with E-state index in [4.69, 9.17) is 33.0 Å². The van der Waals surface area contributed by atoms with Gasteiger partial charge in [-0.3, -0.25) is 29.9 Å². The van der Waals surface area contributed by atoms with Gasteiger partial charge in [0.2, 0.25) is 0 Å². The minimum absolute atomic E-state index is 0.0508. The van der Waals surface area contributed by atoms with Gasteiger partial charge in [-0.05, 0) is 60.8 Å². The van der Waals surface area contributed by atoms with E-state index in [9.17, 15) is 19.7 Å². The number of carbonyl (C=O) groups is 2. The molecule has 1 aliphatic rings. The summed E-state index contributed by atoms with van der Waals surface area (Å²) in [6.07, 6.45) is 1.29. The van der Waals surface area contributed by atoms with Crippen molar-refractivity contribution in [2.75, 3.05) is 12.0 Å². The van der Waals surface area contributed by atoms with Gasteiger partial charge in [0.05, 0.1) is 22.7 Å². The average molecular weight is 484 g/mol. The number of rotatable bonds is 5. The summed E-state index contributed by atoms with van der Waals surface area (Å²) in [4.78, 5) is 37.1. The summed E-state index contributed by atoms with van der Waals surface area (Å²) < 4.78 is 10.8. The van der Waals surface area contributed by atoms with E-state index >= 15 is 0 Å². The lowest BCUT2D eigenvalue weighted by Crippen LogP contribution is -2.54. The van der Waals surface area contributed by atoms with Crippen molar-refractivity contribution in [1.29, 1.82) is 0 Å². The van der Waals surface area contributed by atoms with Crippen molar-refractivity contribution in [1.82, 2.24) is 5.32 Å². The number of nitro benzene ring substituents is 1. The molecule has 3 aromatic rings. The third kappa shape index (κ3) is 4.34. The molecule has 1 aromatic heterocycles. The number of furan rings is 1. The number of anilines is 1. The molecule has 0 saturated carbocycles. The molecular formula is C22H14ClN3O6S. The van der Waals surface area contributed by atoms with Gasteiger partial charge in [0, 0.05) is 17.7 Å². The van der Waals surface area contributed by atoms with Gasteiger partial charge in [0.15, 0.2) is 5.11 Å². The zero-order valence-corrected chi connectivity index (χ0v) is 18.5. The number of ether oxygens (including phenoxy) is 1. The SMILES string of the molecule is COc1ccc(N2C(=O)/C(=C/c3ccc(-c4ccc([N+](=O)[O-])cc4Cl)o3)C(=O)NC2=S)cc1. The van der Waals surface area contributed by atoms with Gasteiger partial charge >= 0.3 is 0 Å². The summed E-state index contributed by atoms with van der Waals surface area (Å²) in [6.45, 7) is 0. The molecule has 0 atom stereocenters. The van der Waals surface area contributed by atoms with Gasteiger partial charge in [0.1, 0.15) is 22.8 Å². The molecule has 0 unspecified atom stereocenters. The van der Waals surface area contributed by atoms with Crippen LogP contribution in [0.25, 0.3) is 17.4 Å². The lowest BCUT2D eigenvalue weighted by Gasteiger charge is -2.28. The van der Waals surface area contributed by atoms with Crippen molar-refractivity contribution in [2.45, 2.75) is 0 Å². The largest absolute Gasteiger partial charge is 0.497 e. The van der Waals surface area contributed by atoms with Gasteiger partial charge in [-0.25, -0.2) is 0 Å². The maximum Gasteiger partial charge on any atom is 0.270 e. The Kier molecular flexibility index (Phi) is 5.95. The van der Waals surface area contributed by atoms with Crippen LogP contribution in [-0.2, 0) is 9.59 Å². The first-order valence-electron chi connectivity index (χ1n) is 9.38. The molecule has 0 radical (unpaired) electrons. The zero-order valence-electron chi connectivity index (χ0n) is 16.9. The van der Waals surface area contributed by atoms with E-state index in [1.165, 1.54) is 36.3 Å². The molecule has 166 valence electrons. The summed E-state index contributed by atoms with van der Waals surface area (Å²) in [6, 6.07) is 13.7. The molecule has 2 heterocycles. The third-order valence-electron chi connectivity index (χ3n) is 4.77. The Morgan fingerprint density at radius 1 is 1.15 bits per heavy atom. The van der Waals surface area contributed by atoms with Gasteiger partial charge < -0.3 is 9.15 Å². The molecule has 4 rings (SSSR count). The molecule has 1 fully saturated rings. The van der Waals surface area contributed by atoms with Crippen LogP contribution < -0.4 is 15.0 Å². The van der Waals surface area contributed by atoms with Gasteiger partial charge in [-0.1, -0.05) is 11.6 Å². The van der Waals surface area contributed by atoms with Crippen molar-refractivity contribution in [3.63, 3.8) is 0 Å². The molecule has 1 N–H and O–H groups in total. The number of halogens is 1. The van der Waals surface area contributed by atoms with E-state index in [1.807, 2.05) is 0 Å². The normalized spacial score (nSPS) is 15.0. The van der Waals surface area contributed by atoms with Crippen molar-refractivity contribution in [3.05, 3.63) is 81.1 Å². The summed E-state index contributed by atoms with van der Waals surface area (Å²) in [5.41, 5.74) is 0.536. The average Bonchev–Trinajstić information content (AvgIpc) is 3.25. The number of nitrogens with zero attached hydrogens (tertiary/aromatic N) is 2. The molecule has 1 aliphatic heterocycles. The molecule has 0 bridgehead atoms. The number of amides is 2. The van der Waals surface area contributed by atoms with Crippen molar-refractivity contribution in [2.24, 2.45) is 0 Å². The van der Waals surface area contributed by atoms with E-state index in [0.717, 1.165) is 0 Å². The first-order chi connectivity index (χ1) is 15.8. The summed E-state index contributed by atoms with van der Waals surface area (Å²) in [5.74, 6) is -0.170. The standard InChI is InChI=1S/C22H14ClN3O6S/c1-31-14-5-2-12(3-6-14)25-21(28)17(20(27)24-22(25)33)11-15-7-9-19(32-15)16-8-4-13(26(29)30)10-18(16)23/h2-11H,1H3,(H,24,27,33)/b17-11+. The predicted octanol–water partition coefficient (Wildman–Crippen LogP) is 4.35. The van der Waals surface area contributed by atoms with E-state index in [0.29, 0.717) is 22.8 Å². The minimum Gasteiger partial charge on any atom is -0.497 e. The van der Waals surface area contributed by atoms with E-state index in [-0.39, 0.29) is 27.2 Å². The molecule has 2 aromatic carbocycles. The monoisotopic (exact) mass is 483 g/mol. The van der Waals surface area contributed by atoms with Crippen molar-refractivity contribution >= 4 is 58.2 Å². The summed E-state index contributed by atoms with van der Waals surface area (Å²) >= 11 is 11.3. The summed E-state index contributed by atoms with van der Waals surface area (Å²) in [5, 5.41) is 13.5. The highest BCUT2D eigenvalue weighted by Gasteiger charge is 2.34. The Balaban J connectivity index is 1.65. The Morgan fingerprint density at radius 2 is 1.88 bits per heavy atom. The van der Waals surface area contributed by atoms with E-state index < -0.39 is 16.7 Å². The summed E-state index contributed by atoms with van der Waals surface area (Å²) in [7, 11) is 1.52. The quantitative estimate of drug-likeness (QED) is 0.188. The number of thiocarbonyl (C=S) groups is 1. The Bertz CT molecular complexity index is 1330. The highest BCUT2D eigenvalue weighted by molar-refractivity contribution is 7.80. The van der Waals surface area contributed by atoms with Crippen LogP contribution in [0, 0.1) is 10.1 Å². The fraction of sp³-hybridized carbons (Fsp3) is 0.0455. The van der Waals surface area contributed by atoms with Crippen molar-refractivity contribution < 1.29 is 23.7 Å². The van der Waals surface area contributed by atoms with Crippen LogP contribution in [0.15, 0.2) is 64.6 Å². The van der Waals surface area contributed by atoms with Crippen LogP contribution in [0.3, 0.4) is 0 Å². The molecule has 1 saturated heterocycles. The fourth-order valence-corrected chi connectivity index (χ4v) is 3.71. The van der Waals surface area contributed by atoms with E-state index in [2.05, 4.69) is 5.32 Å². The third-order valence-corrected chi connectivity index (χ3v) is 5.37. The number of hydrogen-bond donors (Lipinski definition) is 1. The fourth-order valence-electron chi connectivity index (χ4n) is 3.16. The maximum absolute atomic E-state index is 13.1. The number of non-ortho nitro benzene ring substituents is 1. The van der Waals surface area contributed by atoms with Crippen LogP contribution in [0.2, 0.25) is 5.02 Å². The first-order valence-corrected chi connectivity index (χ1v) is 10.2. The second-order valence-corrected chi connectivity index (χ2v) is 7.57. The number of benzene rings is 2.